The van der Waals surface area contributed by atoms with Gasteiger partial charge in [0.1, 0.15) is 0 Å². The molecular formula is C19H29N3O2. The maximum atomic E-state index is 12.6. The molecule has 5 heteroatoms. The van der Waals surface area contributed by atoms with Gasteiger partial charge in [0, 0.05) is 44.7 Å². The molecule has 0 N–H and O–H groups in total. The Labute approximate surface area is 145 Å². The lowest BCUT2D eigenvalue weighted by Gasteiger charge is -2.35. The third kappa shape index (κ3) is 4.81. The van der Waals surface area contributed by atoms with Gasteiger partial charge in [-0.3, -0.25) is 9.59 Å². The summed E-state index contributed by atoms with van der Waals surface area (Å²) in [6.45, 7) is 7.52. The number of hydrogen-bond acceptors (Lipinski definition) is 3. The van der Waals surface area contributed by atoms with Crippen molar-refractivity contribution in [2.24, 2.45) is 0 Å². The van der Waals surface area contributed by atoms with Gasteiger partial charge in [0.25, 0.3) is 5.91 Å². The van der Waals surface area contributed by atoms with E-state index in [0.29, 0.717) is 38.5 Å². The van der Waals surface area contributed by atoms with Crippen molar-refractivity contribution in [3.8, 4) is 0 Å². The van der Waals surface area contributed by atoms with Crippen LogP contribution in [0.5, 0.6) is 0 Å². The molecule has 1 saturated heterocycles. The first kappa shape index (κ1) is 18.5. The van der Waals surface area contributed by atoms with Crippen LogP contribution in [0.1, 0.15) is 42.1 Å². The first-order valence-corrected chi connectivity index (χ1v) is 8.70. The largest absolute Gasteiger partial charge is 0.339 e. The minimum atomic E-state index is 0.0608. The topological polar surface area (TPSA) is 43.9 Å². The van der Waals surface area contributed by atoms with Crippen molar-refractivity contribution in [1.82, 2.24) is 14.7 Å². The van der Waals surface area contributed by atoms with E-state index in [1.807, 2.05) is 53.1 Å². The summed E-state index contributed by atoms with van der Waals surface area (Å²) in [6.07, 6.45) is 0.539. The van der Waals surface area contributed by atoms with Crippen molar-refractivity contribution in [2.75, 3.05) is 46.8 Å². The van der Waals surface area contributed by atoms with Gasteiger partial charge in [-0.05, 0) is 37.7 Å². The van der Waals surface area contributed by atoms with Gasteiger partial charge in [-0.15, -0.1) is 0 Å². The molecule has 1 aromatic carbocycles. The lowest BCUT2D eigenvalue weighted by molar-refractivity contribution is -0.132. The van der Waals surface area contributed by atoms with Crippen LogP contribution in [0.15, 0.2) is 24.3 Å². The van der Waals surface area contributed by atoms with E-state index in [2.05, 4.69) is 13.8 Å². The number of piperazine rings is 1. The van der Waals surface area contributed by atoms with Crippen molar-refractivity contribution in [3.63, 3.8) is 0 Å². The van der Waals surface area contributed by atoms with Gasteiger partial charge in [0.05, 0.1) is 0 Å². The standard InChI is InChI=1S/C19H29N3O2/c1-15(2)16-5-7-17(8-6-16)19(24)22-13-11-21(12-14-22)18(23)9-10-20(3)4/h5-8,15H,9-14H2,1-4H3. The summed E-state index contributed by atoms with van der Waals surface area (Å²) < 4.78 is 0. The summed E-state index contributed by atoms with van der Waals surface area (Å²) >= 11 is 0. The summed E-state index contributed by atoms with van der Waals surface area (Å²) in [5, 5.41) is 0. The molecule has 0 spiro atoms. The fourth-order valence-corrected chi connectivity index (χ4v) is 2.83. The minimum absolute atomic E-state index is 0.0608. The molecule has 0 saturated carbocycles. The number of nitrogens with zero attached hydrogens (tertiary/aromatic N) is 3. The highest BCUT2D eigenvalue weighted by Crippen LogP contribution is 2.16. The maximum absolute atomic E-state index is 12.6. The van der Waals surface area contributed by atoms with Crippen LogP contribution in [0.25, 0.3) is 0 Å². The van der Waals surface area contributed by atoms with Crippen LogP contribution in [-0.4, -0.2) is 73.3 Å². The maximum Gasteiger partial charge on any atom is 0.253 e. The quantitative estimate of drug-likeness (QED) is 0.829. The van der Waals surface area contributed by atoms with Crippen molar-refractivity contribution >= 4 is 11.8 Å². The smallest absolute Gasteiger partial charge is 0.253 e. The van der Waals surface area contributed by atoms with Crippen LogP contribution in [0, 0.1) is 0 Å². The van der Waals surface area contributed by atoms with E-state index in [0.717, 1.165) is 12.1 Å². The zero-order valence-corrected chi connectivity index (χ0v) is 15.3. The second kappa shape index (κ2) is 8.29. The number of amides is 2. The SMILES string of the molecule is CC(C)c1ccc(C(=O)N2CCN(C(=O)CCN(C)C)CC2)cc1. The molecule has 0 aromatic heterocycles. The van der Waals surface area contributed by atoms with Crippen molar-refractivity contribution in [3.05, 3.63) is 35.4 Å². The Morgan fingerprint density at radius 3 is 2.04 bits per heavy atom. The molecule has 1 fully saturated rings. The number of hydrogen-bond donors (Lipinski definition) is 0. The summed E-state index contributed by atoms with van der Waals surface area (Å²) in [4.78, 5) is 30.5. The van der Waals surface area contributed by atoms with E-state index >= 15 is 0 Å². The summed E-state index contributed by atoms with van der Waals surface area (Å²) in [7, 11) is 3.93. The molecule has 2 amide bonds. The van der Waals surface area contributed by atoms with E-state index in [1.165, 1.54) is 5.56 Å². The van der Waals surface area contributed by atoms with Crippen LogP contribution >= 0.6 is 0 Å². The van der Waals surface area contributed by atoms with Crippen LogP contribution in [0.4, 0.5) is 0 Å². The Morgan fingerprint density at radius 1 is 1.00 bits per heavy atom. The predicted molar refractivity (Wildman–Crippen MR) is 96.2 cm³/mol. The van der Waals surface area contributed by atoms with E-state index < -0.39 is 0 Å². The Kier molecular flexibility index (Phi) is 6.37. The molecule has 132 valence electrons. The Bertz CT molecular complexity index is 558. The summed E-state index contributed by atoms with van der Waals surface area (Å²) in [6, 6.07) is 7.87. The van der Waals surface area contributed by atoms with Gasteiger partial charge < -0.3 is 14.7 Å². The van der Waals surface area contributed by atoms with Crippen molar-refractivity contribution in [1.29, 1.82) is 0 Å². The van der Waals surface area contributed by atoms with Crippen LogP contribution in [-0.2, 0) is 4.79 Å². The minimum Gasteiger partial charge on any atom is -0.339 e. The number of benzene rings is 1. The van der Waals surface area contributed by atoms with E-state index in [-0.39, 0.29) is 11.8 Å². The third-order valence-corrected chi connectivity index (χ3v) is 4.52. The van der Waals surface area contributed by atoms with Gasteiger partial charge in [0.2, 0.25) is 5.91 Å². The highest BCUT2D eigenvalue weighted by Gasteiger charge is 2.24. The van der Waals surface area contributed by atoms with E-state index in [4.69, 9.17) is 0 Å². The predicted octanol–water partition coefficient (Wildman–Crippen LogP) is 2.05. The molecule has 0 bridgehead atoms. The number of carbonyl (C=O) groups is 2. The first-order chi connectivity index (χ1) is 11.4. The fourth-order valence-electron chi connectivity index (χ4n) is 2.83. The number of carbonyl (C=O) groups excluding carboxylic acids is 2. The number of rotatable bonds is 5. The van der Waals surface area contributed by atoms with Crippen LogP contribution < -0.4 is 0 Å². The molecule has 1 aliphatic heterocycles. The molecule has 0 radical (unpaired) electrons. The highest BCUT2D eigenvalue weighted by atomic mass is 16.2. The van der Waals surface area contributed by atoms with Gasteiger partial charge in [0.15, 0.2) is 0 Å². The molecule has 2 rings (SSSR count). The van der Waals surface area contributed by atoms with E-state index in [1.54, 1.807) is 0 Å². The molecular weight excluding hydrogens is 302 g/mol. The molecule has 0 unspecified atom stereocenters. The molecule has 0 aliphatic carbocycles. The molecule has 24 heavy (non-hydrogen) atoms. The Morgan fingerprint density at radius 2 is 1.54 bits per heavy atom. The highest BCUT2D eigenvalue weighted by molar-refractivity contribution is 5.94. The lowest BCUT2D eigenvalue weighted by Crippen LogP contribution is -2.50. The van der Waals surface area contributed by atoms with Gasteiger partial charge in [-0.25, -0.2) is 0 Å². The monoisotopic (exact) mass is 331 g/mol. The lowest BCUT2D eigenvalue weighted by atomic mass is 10.0. The van der Waals surface area contributed by atoms with Gasteiger partial charge in [-0.2, -0.15) is 0 Å². The van der Waals surface area contributed by atoms with Gasteiger partial charge in [-0.1, -0.05) is 26.0 Å². The second-order valence-electron chi connectivity index (χ2n) is 7.00. The van der Waals surface area contributed by atoms with E-state index in [9.17, 15) is 9.59 Å². The molecule has 0 atom stereocenters. The van der Waals surface area contributed by atoms with Crippen LogP contribution in [0.3, 0.4) is 0 Å². The third-order valence-electron chi connectivity index (χ3n) is 4.52. The molecule has 1 aromatic rings. The Balaban J connectivity index is 1.87. The average Bonchev–Trinajstić information content (AvgIpc) is 2.59. The van der Waals surface area contributed by atoms with Crippen LogP contribution in [0.2, 0.25) is 0 Å². The van der Waals surface area contributed by atoms with Crippen molar-refractivity contribution < 1.29 is 9.59 Å². The summed E-state index contributed by atoms with van der Waals surface area (Å²) in [5.74, 6) is 0.702. The zero-order valence-electron chi connectivity index (χ0n) is 15.3. The van der Waals surface area contributed by atoms with Crippen molar-refractivity contribution in [2.45, 2.75) is 26.2 Å². The Hall–Kier alpha value is -1.88. The molecule has 5 nitrogen and oxygen atoms in total. The van der Waals surface area contributed by atoms with Gasteiger partial charge >= 0.3 is 0 Å². The first-order valence-electron chi connectivity index (χ1n) is 8.70. The zero-order chi connectivity index (χ0) is 17.7. The summed E-state index contributed by atoms with van der Waals surface area (Å²) in [5.41, 5.74) is 1.97. The second-order valence-corrected chi connectivity index (χ2v) is 7.00. The average molecular weight is 331 g/mol. The molecule has 1 aliphatic rings. The normalized spacial score (nSPS) is 15.2. The molecule has 1 heterocycles. The fraction of sp³-hybridized carbons (Fsp3) is 0.579.